The number of ether oxygens (including phenoxy) is 1. The van der Waals surface area contributed by atoms with Gasteiger partial charge < -0.3 is 35.7 Å². The van der Waals surface area contributed by atoms with Crippen LogP contribution in [-0.4, -0.2) is 40.3 Å². The lowest BCUT2D eigenvalue weighted by molar-refractivity contribution is -0.958. The molecule has 7 rings (SSSR count). The highest BCUT2D eigenvalue weighted by atomic mass is 79.9. The van der Waals surface area contributed by atoms with Gasteiger partial charge in [-0.2, -0.15) is 0 Å². The van der Waals surface area contributed by atoms with Gasteiger partial charge >= 0.3 is 0 Å². The molecule has 1 unspecified atom stereocenters. The maximum Gasteiger partial charge on any atom is 0.231 e. The van der Waals surface area contributed by atoms with E-state index in [2.05, 4.69) is 16.8 Å². The van der Waals surface area contributed by atoms with Gasteiger partial charge in [-0.3, -0.25) is 0 Å². The van der Waals surface area contributed by atoms with Crippen LogP contribution in [0.5, 0.6) is 5.75 Å². The molecule has 5 nitrogen and oxygen atoms in total. The fourth-order valence-corrected chi connectivity index (χ4v) is 7.26. The molecule has 1 aromatic carbocycles. The number of quaternary nitrogens is 1. The molecule has 2 bridgehead atoms. The van der Waals surface area contributed by atoms with E-state index in [0.717, 1.165) is 73.4 Å². The number of nitrogens with zero attached hydrogens (tertiary/aromatic N) is 2. The zero-order chi connectivity index (χ0) is 23.0. The molecular weight excluding hydrogens is 524 g/mol. The van der Waals surface area contributed by atoms with E-state index >= 15 is 0 Å². The molecule has 35 heavy (non-hydrogen) atoms. The summed E-state index contributed by atoms with van der Waals surface area (Å²) in [7, 11) is 0. The van der Waals surface area contributed by atoms with Crippen molar-refractivity contribution in [2.24, 2.45) is 11.8 Å². The number of oxazole rings is 1. The quantitative estimate of drug-likeness (QED) is 0.453. The Balaban J connectivity index is 0.00000253. The van der Waals surface area contributed by atoms with Crippen molar-refractivity contribution in [3.63, 3.8) is 0 Å². The van der Waals surface area contributed by atoms with Crippen LogP contribution in [0.2, 0.25) is 0 Å². The first kappa shape index (κ1) is 25.0. The summed E-state index contributed by atoms with van der Waals surface area (Å²) >= 11 is 1.69. The van der Waals surface area contributed by atoms with Crippen molar-refractivity contribution in [3.05, 3.63) is 70.6 Å². The summed E-state index contributed by atoms with van der Waals surface area (Å²) in [4.78, 5) is 4.71. The Morgan fingerprint density at radius 2 is 1.83 bits per heavy atom. The van der Waals surface area contributed by atoms with Crippen molar-refractivity contribution in [1.82, 2.24) is 4.98 Å². The van der Waals surface area contributed by atoms with Crippen LogP contribution < -0.4 is 21.7 Å². The van der Waals surface area contributed by atoms with Crippen LogP contribution in [0, 0.1) is 11.8 Å². The first-order valence-electron chi connectivity index (χ1n) is 12.9. The third-order valence-electron chi connectivity index (χ3n) is 8.60. The Hall–Kier alpha value is -1.67. The second-order valence-corrected chi connectivity index (χ2v) is 11.5. The number of hydrogen-bond acceptors (Lipinski definition) is 5. The van der Waals surface area contributed by atoms with E-state index in [1.807, 2.05) is 36.5 Å². The molecule has 2 atom stereocenters. The average molecular weight is 560 g/mol. The Bertz CT molecular complexity index is 1070. The molecule has 5 heterocycles. The lowest BCUT2D eigenvalue weighted by Crippen LogP contribution is -3.00. The summed E-state index contributed by atoms with van der Waals surface area (Å²) in [5, 5.41) is 16.3. The average Bonchev–Trinajstić information content (AvgIpc) is 3.58. The van der Waals surface area contributed by atoms with Crippen LogP contribution in [0.4, 0.5) is 0 Å². The van der Waals surface area contributed by atoms with E-state index in [1.165, 1.54) is 19.3 Å². The minimum atomic E-state index is -1.17. The zero-order valence-electron chi connectivity index (χ0n) is 20.2. The second kappa shape index (κ2) is 10.4. The van der Waals surface area contributed by atoms with Crippen LogP contribution >= 0.6 is 11.3 Å². The van der Waals surface area contributed by atoms with Gasteiger partial charge in [-0.05, 0) is 29.9 Å². The predicted molar refractivity (Wildman–Crippen MR) is 133 cm³/mol. The van der Waals surface area contributed by atoms with Gasteiger partial charge in [-0.1, -0.05) is 49.6 Å². The van der Waals surface area contributed by atoms with Gasteiger partial charge in [0.05, 0.1) is 19.3 Å². The highest BCUT2D eigenvalue weighted by Crippen LogP contribution is 2.44. The summed E-state index contributed by atoms with van der Waals surface area (Å²) in [6.07, 6.45) is 10.1. The van der Waals surface area contributed by atoms with Gasteiger partial charge in [0.15, 0.2) is 17.5 Å². The van der Waals surface area contributed by atoms with Crippen LogP contribution in [0.25, 0.3) is 0 Å². The third-order valence-corrected chi connectivity index (χ3v) is 9.27. The minimum Gasteiger partial charge on any atom is -1.00 e. The van der Waals surface area contributed by atoms with E-state index in [-0.39, 0.29) is 29.0 Å². The number of thiophene rings is 1. The molecule has 1 aliphatic carbocycles. The standard InChI is InChI=1S/C28H35N2O3S.BrH/c31-28(22-7-3-1-4-8-22,23-9-5-2-6-10-23)27-29-17-25(33-27)18-30-14-11-21(12-15-30)26(19-30)32-24-13-16-34-20-24;/h1,3-4,7-8,13,16-17,20-21,23,26,31H,2,5-6,9-12,14-15,18-19H2;1H/q+1;/p-1/t21?,26-,28?,30?;/m0./s1. The van der Waals surface area contributed by atoms with Crippen molar-refractivity contribution in [2.75, 3.05) is 19.6 Å². The largest absolute Gasteiger partial charge is 1.00 e. The van der Waals surface area contributed by atoms with Gasteiger partial charge in [0.2, 0.25) is 5.89 Å². The SMILES string of the molecule is OC(c1ccccc1)(c1ncc(C[N+]23CCC(CC2)[C@@H](Oc2ccsc2)C3)o1)C1CCCCC1.[Br-]. The molecule has 0 spiro atoms. The Morgan fingerprint density at radius 1 is 1.06 bits per heavy atom. The molecule has 4 fully saturated rings. The third kappa shape index (κ3) is 4.85. The first-order valence-corrected chi connectivity index (χ1v) is 13.9. The normalized spacial score (nSPS) is 28.3. The number of piperidine rings is 3. The number of aliphatic hydroxyl groups is 1. The summed E-state index contributed by atoms with van der Waals surface area (Å²) in [5.41, 5.74) is -0.273. The van der Waals surface area contributed by atoms with Gasteiger partial charge in [-0.15, -0.1) is 11.3 Å². The minimum absolute atomic E-state index is 0. The Morgan fingerprint density at radius 3 is 2.54 bits per heavy atom. The Labute approximate surface area is 222 Å². The smallest absolute Gasteiger partial charge is 0.231 e. The molecule has 0 radical (unpaired) electrons. The number of rotatable bonds is 7. The summed E-state index contributed by atoms with van der Waals surface area (Å²) in [6, 6.07) is 12.1. The van der Waals surface area contributed by atoms with Crippen LogP contribution in [0.1, 0.15) is 62.2 Å². The van der Waals surface area contributed by atoms with Crippen molar-refractivity contribution in [3.8, 4) is 5.75 Å². The van der Waals surface area contributed by atoms with E-state index < -0.39 is 5.60 Å². The van der Waals surface area contributed by atoms with Crippen molar-refractivity contribution in [2.45, 2.75) is 63.2 Å². The van der Waals surface area contributed by atoms with E-state index in [4.69, 9.17) is 14.1 Å². The van der Waals surface area contributed by atoms with Gasteiger partial charge in [0.1, 0.15) is 18.8 Å². The van der Waals surface area contributed by atoms with Crippen molar-refractivity contribution in [1.29, 1.82) is 0 Å². The van der Waals surface area contributed by atoms with Crippen LogP contribution in [0.15, 0.2) is 57.8 Å². The number of halogens is 1. The molecule has 1 N–H and O–H groups in total. The molecule has 1 saturated carbocycles. The highest BCUT2D eigenvalue weighted by Gasteiger charge is 2.49. The van der Waals surface area contributed by atoms with Crippen molar-refractivity contribution >= 4 is 11.3 Å². The predicted octanol–water partition coefficient (Wildman–Crippen LogP) is 2.74. The molecule has 3 aromatic rings. The zero-order valence-corrected chi connectivity index (χ0v) is 22.6. The maximum atomic E-state index is 12.1. The fraction of sp³-hybridized carbons (Fsp3) is 0.536. The Kier molecular flexibility index (Phi) is 7.40. The number of aromatic nitrogens is 1. The van der Waals surface area contributed by atoms with Gasteiger partial charge in [0, 0.05) is 30.1 Å². The lowest BCUT2D eigenvalue weighted by Gasteiger charge is -2.51. The number of hydrogen-bond donors (Lipinski definition) is 1. The molecule has 7 heteroatoms. The van der Waals surface area contributed by atoms with Gasteiger partial charge in [0.25, 0.3) is 0 Å². The number of fused-ring (bicyclic) bond motifs is 3. The fourth-order valence-electron chi connectivity index (χ4n) is 6.70. The molecule has 2 aromatic heterocycles. The molecule has 3 saturated heterocycles. The molecule has 3 aliphatic heterocycles. The van der Waals surface area contributed by atoms with E-state index in [1.54, 1.807) is 11.3 Å². The summed E-state index contributed by atoms with van der Waals surface area (Å²) in [6.45, 7) is 4.16. The highest BCUT2D eigenvalue weighted by molar-refractivity contribution is 7.08. The maximum absolute atomic E-state index is 12.1. The van der Waals surface area contributed by atoms with Crippen LogP contribution in [-0.2, 0) is 12.1 Å². The van der Waals surface area contributed by atoms with Crippen molar-refractivity contribution < 1.29 is 35.7 Å². The van der Waals surface area contributed by atoms with E-state index in [9.17, 15) is 5.11 Å². The van der Waals surface area contributed by atoms with Gasteiger partial charge in [-0.25, -0.2) is 4.98 Å². The van der Waals surface area contributed by atoms with Crippen LogP contribution in [0.3, 0.4) is 0 Å². The summed E-state index contributed by atoms with van der Waals surface area (Å²) < 4.78 is 13.8. The summed E-state index contributed by atoms with van der Waals surface area (Å²) in [5.74, 6) is 3.15. The van der Waals surface area contributed by atoms with E-state index in [0.29, 0.717) is 11.8 Å². The molecule has 188 valence electrons. The monoisotopic (exact) mass is 558 g/mol. The molecule has 0 amide bonds. The number of benzene rings is 1. The lowest BCUT2D eigenvalue weighted by atomic mass is 9.73. The second-order valence-electron chi connectivity index (χ2n) is 10.7. The topological polar surface area (TPSA) is 55.5 Å². The molecule has 4 aliphatic rings. The first-order chi connectivity index (χ1) is 16.6. The molecular formula is C28H35BrN2O3S.